The minimum Gasteiger partial charge on any atom is -0.473 e. The van der Waals surface area contributed by atoms with Crippen molar-refractivity contribution in [3.63, 3.8) is 0 Å². The Morgan fingerprint density at radius 2 is 2.00 bits per heavy atom. The topological polar surface area (TPSA) is 55.1 Å². The lowest BCUT2D eigenvalue weighted by molar-refractivity contribution is -0.134. The third-order valence-corrected chi connectivity index (χ3v) is 3.76. The molecule has 0 aliphatic carbocycles. The van der Waals surface area contributed by atoms with Crippen molar-refractivity contribution in [2.75, 3.05) is 6.61 Å². The summed E-state index contributed by atoms with van der Waals surface area (Å²) in [5.74, 6) is -0.0249. The molecule has 2 rings (SSSR count). The first kappa shape index (κ1) is 18.4. The summed E-state index contributed by atoms with van der Waals surface area (Å²) in [4.78, 5) is 3.16. The van der Waals surface area contributed by atoms with Crippen molar-refractivity contribution in [1.29, 1.82) is 5.26 Å². The number of hydrogen-bond acceptors (Lipinski definition) is 5. The van der Waals surface area contributed by atoms with Crippen LogP contribution in [-0.4, -0.2) is 11.6 Å². The number of thiophene rings is 1. The van der Waals surface area contributed by atoms with Gasteiger partial charge >= 0.3 is 6.18 Å². The van der Waals surface area contributed by atoms with E-state index < -0.39 is 11.1 Å². The number of halogens is 5. The summed E-state index contributed by atoms with van der Waals surface area (Å²) >= 11 is 11.3. The molecule has 0 aliphatic rings. The minimum atomic E-state index is -4.45. The van der Waals surface area contributed by atoms with Gasteiger partial charge in [0.15, 0.2) is 5.06 Å². The highest BCUT2D eigenvalue weighted by Gasteiger charge is 2.32. The number of ether oxygens (including phenoxy) is 2. The van der Waals surface area contributed by atoms with Crippen LogP contribution < -0.4 is 9.47 Å². The lowest BCUT2D eigenvalue weighted by atomic mass is 10.3. The quantitative estimate of drug-likeness (QED) is 0.669. The van der Waals surface area contributed by atoms with E-state index in [-0.39, 0.29) is 33.5 Å². The number of alkyl halides is 3. The van der Waals surface area contributed by atoms with Crippen molar-refractivity contribution < 1.29 is 22.6 Å². The van der Waals surface area contributed by atoms with E-state index >= 15 is 0 Å². The van der Waals surface area contributed by atoms with Gasteiger partial charge in [0, 0.05) is 12.1 Å². The molecule has 0 fully saturated rings. The van der Waals surface area contributed by atoms with E-state index in [9.17, 15) is 13.2 Å². The van der Waals surface area contributed by atoms with Gasteiger partial charge in [-0.1, -0.05) is 34.5 Å². The fourth-order valence-electron chi connectivity index (χ4n) is 1.49. The summed E-state index contributed by atoms with van der Waals surface area (Å²) in [6, 6.07) is 6.58. The lowest BCUT2D eigenvalue weighted by Gasteiger charge is -2.07. The molecule has 0 aromatic carbocycles. The molecule has 0 saturated heterocycles. The van der Waals surface area contributed by atoms with Crippen molar-refractivity contribution in [1.82, 2.24) is 4.98 Å². The maximum atomic E-state index is 12.6. The maximum absolute atomic E-state index is 12.6. The van der Waals surface area contributed by atoms with E-state index in [2.05, 4.69) is 4.98 Å². The Labute approximate surface area is 148 Å². The molecule has 0 spiro atoms. The Morgan fingerprint density at radius 3 is 2.58 bits per heavy atom. The van der Waals surface area contributed by atoms with Gasteiger partial charge in [-0.15, -0.1) is 0 Å². The van der Waals surface area contributed by atoms with E-state index in [0.29, 0.717) is 11.3 Å². The largest absolute Gasteiger partial charge is 0.473 e. The number of pyridine rings is 1. The van der Waals surface area contributed by atoms with Crippen LogP contribution in [0.3, 0.4) is 0 Å². The van der Waals surface area contributed by atoms with Crippen molar-refractivity contribution in [3.8, 4) is 22.9 Å². The SMILES string of the molecule is N#Cc1cc(OCC=C(Cl)Cl)nc(Oc2ccc(C(F)(F)F)s2)c1. The number of nitrogens with zero attached hydrogens (tertiary/aromatic N) is 2. The van der Waals surface area contributed by atoms with Crippen LogP contribution in [0.5, 0.6) is 16.8 Å². The maximum Gasteiger partial charge on any atom is 0.425 e. The Kier molecular flexibility index (Phi) is 5.94. The predicted octanol–water partition coefficient (Wildman–Crippen LogP) is 5.52. The molecule has 0 saturated carbocycles. The second-order valence-corrected chi connectivity index (χ2v) is 6.22. The Bertz CT molecular complexity index is 796. The van der Waals surface area contributed by atoms with Crippen LogP contribution in [0.2, 0.25) is 0 Å². The van der Waals surface area contributed by atoms with E-state index in [1.54, 1.807) is 0 Å². The molecular weight excluding hydrogens is 388 g/mol. The van der Waals surface area contributed by atoms with Crippen molar-refractivity contribution in [2.45, 2.75) is 6.18 Å². The molecule has 0 bridgehead atoms. The summed E-state index contributed by atoms with van der Waals surface area (Å²) in [6.45, 7) is 0.000872. The Balaban J connectivity index is 2.19. The first-order valence-electron chi connectivity index (χ1n) is 6.19. The van der Waals surface area contributed by atoms with E-state index in [1.165, 1.54) is 24.3 Å². The third-order valence-electron chi connectivity index (χ3n) is 2.44. The number of aromatic nitrogens is 1. The van der Waals surface area contributed by atoms with E-state index in [1.807, 2.05) is 6.07 Å². The molecule has 2 aromatic heterocycles. The molecule has 4 nitrogen and oxygen atoms in total. The van der Waals surface area contributed by atoms with Gasteiger partial charge in [-0.05, 0) is 18.2 Å². The highest BCUT2D eigenvalue weighted by molar-refractivity contribution is 7.13. The number of nitriles is 1. The highest BCUT2D eigenvalue weighted by Crippen LogP contribution is 2.39. The average molecular weight is 395 g/mol. The Morgan fingerprint density at radius 1 is 1.29 bits per heavy atom. The predicted molar refractivity (Wildman–Crippen MR) is 83.6 cm³/mol. The molecule has 0 atom stereocenters. The van der Waals surface area contributed by atoms with Gasteiger partial charge in [0.1, 0.15) is 16.0 Å². The first-order valence-corrected chi connectivity index (χ1v) is 7.76. The zero-order valence-corrected chi connectivity index (χ0v) is 13.9. The van der Waals surface area contributed by atoms with E-state index in [0.717, 1.165) is 6.07 Å². The normalized spacial score (nSPS) is 10.8. The van der Waals surface area contributed by atoms with Crippen LogP contribution in [0.4, 0.5) is 13.2 Å². The number of hydrogen-bond donors (Lipinski definition) is 0. The molecule has 24 heavy (non-hydrogen) atoms. The highest BCUT2D eigenvalue weighted by atomic mass is 35.5. The zero-order chi connectivity index (χ0) is 17.7. The minimum absolute atomic E-state index is 0.000872. The van der Waals surface area contributed by atoms with Crippen LogP contribution in [0.1, 0.15) is 10.4 Å². The second kappa shape index (κ2) is 7.75. The fraction of sp³-hybridized carbons (Fsp3) is 0.143. The van der Waals surface area contributed by atoms with Crippen LogP contribution >= 0.6 is 34.5 Å². The molecule has 0 radical (unpaired) electrons. The molecule has 10 heteroatoms. The summed E-state index contributed by atoms with van der Waals surface area (Å²) in [5, 5.41) is 8.97. The second-order valence-electron chi connectivity index (χ2n) is 4.17. The molecule has 2 aromatic rings. The monoisotopic (exact) mass is 394 g/mol. The molecule has 2 heterocycles. The molecule has 0 N–H and O–H groups in total. The van der Waals surface area contributed by atoms with Gasteiger partial charge in [-0.2, -0.15) is 23.4 Å². The van der Waals surface area contributed by atoms with Gasteiger partial charge in [-0.3, -0.25) is 0 Å². The van der Waals surface area contributed by atoms with Crippen LogP contribution in [0, 0.1) is 11.3 Å². The van der Waals surface area contributed by atoms with Crippen LogP contribution in [0.15, 0.2) is 34.8 Å². The first-order chi connectivity index (χ1) is 11.3. The molecular formula is C14H7Cl2F3N2O2S. The third kappa shape index (κ3) is 5.30. The van der Waals surface area contributed by atoms with Gasteiger partial charge in [0.2, 0.25) is 11.8 Å². The Hall–Kier alpha value is -1.95. The average Bonchev–Trinajstić information content (AvgIpc) is 2.95. The van der Waals surface area contributed by atoms with Gasteiger partial charge in [0.05, 0.1) is 11.6 Å². The molecule has 0 amide bonds. The van der Waals surface area contributed by atoms with Crippen LogP contribution in [0.25, 0.3) is 0 Å². The lowest BCUT2D eigenvalue weighted by Crippen LogP contribution is -2.00. The van der Waals surface area contributed by atoms with Crippen molar-refractivity contribution in [3.05, 3.63) is 45.3 Å². The summed E-state index contributed by atoms with van der Waals surface area (Å²) < 4.78 is 48.2. The van der Waals surface area contributed by atoms with Crippen LogP contribution in [-0.2, 0) is 6.18 Å². The molecule has 126 valence electrons. The smallest absolute Gasteiger partial charge is 0.425 e. The van der Waals surface area contributed by atoms with Gasteiger partial charge < -0.3 is 9.47 Å². The standard InChI is InChI=1S/C14H7Cl2F3N2O2S/c15-10(16)3-4-22-11-5-8(7-20)6-12(21-11)23-13-2-1-9(24-13)14(17,18)19/h1-3,5-6H,4H2. The van der Waals surface area contributed by atoms with Gasteiger partial charge in [0.25, 0.3) is 0 Å². The zero-order valence-electron chi connectivity index (χ0n) is 11.6. The van der Waals surface area contributed by atoms with Crippen molar-refractivity contribution >= 4 is 34.5 Å². The van der Waals surface area contributed by atoms with Crippen molar-refractivity contribution in [2.24, 2.45) is 0 Å². The summed E-state index contributed by atoms with van der Waals surface area (Å²) in [5.41, 5.74) is 0.170. The van der Waals surface area contributed by atoms with Gasteiger partial charge in [-0.25, -0.2) is 0 Å². The molecule has 0 unspecified atom stereocenters. The summed E-state index contributed by atoms with van der Waals surface area (Å²) in [7, 11) is 0. The van der Waals surface area contributed by atoms with E-state index in [4.69, 9.17) is 37.9 Å². The number of rotatable bonds is 5. The fourth-order valence-corrected chi connectivity index (χ4v) is 2.35. The molecule has 0 aliphatic heterocycles. The summed E-state index contributed by atoms with van der Waals surface area (Å²) in [6.07, 6.45) is -3.09.